The maximum Gasteiger partial charge on any atom is 0.287 e. The summed E-state index contributed by atoms with van der Waals surface area (Å²) in [6, 6.07) is 10.9. The predicted molar refractivity (Wildman–Crippen MR) is 94.6 cm³/mol. The van der Waals surface area contributed by atoms with Gasteiger partial charge < -0.3 is 24.9 Å². The minimum atomic E-state index is -0.619. The first-order chi connectivity index (χ1) is 11.2. The molecule has 1 heterocycles. The third-order valence-electron chi connectivity index (χ3n) is 2.98. The molecule has 0 aliphatic rings. The zero-order chi connectivity index (χ0) is 16.5. The van der Waals surface area contributed by atoms with Gasteiger partial charge in [0.2, 0.25) is 0 Å². The Bertz CT molecular complexity index is 604. The zero-order valence-corrected chi connectivity index (χ0v) is 14.7. The number of nitrogens with one attached hydrogen (secondary N) is 2. The molecule has 7 heteroatoms. The van der Waals surface area contributed by atoms with Crippen LogP contribution in [0.2, 0.25) is 0 Å². The van der Waals surface area contributed by atoms with Gasteiger partial charge in [0, 0.05) is 19.6 Å². The fourth-order valence-corrected chi connectivity index (χ4v) is 2.38. The molecule has 0 aliphatic carbocycles. The minimum Gasteiger partial charge on any atom is -0.490 e. The van der Waals surface area contributed by atoms with Crippen molar-refractivity contribution in [3.63, 3.8) is 0 Å². The Balaban J connectivity index is 1.55. The largest absolute Gasteiger partial charge is 0.490 e. The number of hydrogen-bond acceptors (Lipinski definition) is 5. The molecule has 1 amide bonds. The molecule has 6 nitrogen and oxygen atoms in total. The van der Waals surface area contributed by atoms with Gasteiger partial charge in [0.1, 0.15) is 18.5 Å². The molecule has 0 fully saturated rings. The second-order valence-corrected chi connectivity index (χ2v) is 5.99. The van der Waals surface area contributed by atoms with Gasteiger partial charge in [0.05, 0.1) is 9.83 Å². The number of carbonyl (C=O) groups is 1. The van der Waals surface area contributed by atoms with Crippen molar-refractivity contribution in [1.82, 2.24) is 10.6 Å². The summed E-state index contributed by atoms with van der Waals surface area (Å²) in [5.41, 5.74) is 0. The van der Waals surface area contributed by atoms with Crippen LogP contribution < -0.4 is 15.4 Å². The van der Waals surface area contributed by atoms with E-state index in [1.165, 1.54) is 6.26 Å². The van der Waals surface area contributed by atoms with E-state index in [0.717, 1.165) is 9.32 Å². The molecular weight excluding hydrogens is 411 g/mol. The van der Waals surface area contributed by atoms with Crippen LogP contribution in [0.3, 0.4) is 0 Å². The highest BCUT2D eigenvalue weighted by Gasteiger charge is 2.08. The SMILES string of the molecule is O=C(NCCNCC(O)COc1ccccc1I)c1ccco1. The topological polar surface area (TPSA) is 83.7 Å². The van der Waals surface area contributed by atoms with Crippen LogP contribution in [0, 0.1) is 3.57 Å². The van der Waals surface area contributed by atoms with Crippen molar-refractivity contribution in [2.75, 3.05) is 26.2 Å². The summed E-state index contributed by atoms with van der Waals surface area (Å²) in [4.78, 5) is 11.6. The number of ether oxygens (including phenoxy) is 1. The predicted octanol–water partition coefficient (Wildman–Crippen LogP) is 1.64. The first-order valence-corrected chi connectivity index (χ1v) is 8.32. The number of benzene rings is 1. The second-order valence-electron chi connectivity index (χ2n) is 4.83. The molecule has 23 heavy (non-hydrogen) atoms. The lowest BCUT2D eigenvalue weighted by Crippen LogP contribution is -2.37. The molecule has 1 aromatic heterocycles. The van der Waals surface area contributed by atoms with Gasteiger partial charge in [-0.3, -0.25) is 4.79 Å². The monoisotopic (exact) mass is 430 g/mol. The Labute approximate surface area is 148 Å². The summed E-state index contributed by atoms with van der Waals surface area (Å²) in [5, 5.41) is 15.6. The highest BCUT2D eigenvalue weighted by atomic mass is 127. The van der Waals surface area contributed by atoms with Crippen molar-refractivity contribution in [3.05, 3.63) is 52.0 Å². The van der Waals surface area contributed by atoms with E-state index in [1.807, 2.05) is 24.3 Å². The molecule has 3 N–H and O–H groups in total. The third-order valence-corrected chi connectivity index (χ3v) is 3.87. The quantitative estimate of drug-likeness (QED) is 0.416. The number of hydrogen-bond donors (Lipinski definition) is 3. The third kappa shape index (κ3) is 6.20. The minimum absolute atomic E-state index is 0.214. The normalized spacial score (nSPS) is 11.9. The molecule has 1 atom stereocenters. The maximum atomic E-state index is 11.6. The van der Waals surface area contributed by atoms with E-state index in [-0.39, 0.29) is 18.3 Å². The number of aliphatic hydroxyl groups is 1. The summed E-state index contributed by atoms with van der Waals surface area (Å²) < 4.78 is 11.6. The van der Waals surface area contributed by atoms with Gasteiger partial charge >= 0.3 is 0 Å². The zero-order valence-electron chi connectivity index (χ0n) is 12.5. The summed E-state index contributed by atoms with van der Waals surface area (Å²) in [7, 11) is 0. The fraction of sp³-hybridized carbons (Fsp3) is 0.312. The number of aliphatic hydroxyl groups excluding tert-OH is 1. The molecular formula is C16H19IN2O4. The average molecular weight is 430 g/mol. The van der Waals surface area contributed by atoms with E-state index < -0.39 is 6.10 Å². The van der Waals surface area contributed by atoms with Crippen molar-refractivity contribution >= 4 is 28.5 Å². The van der Waals surface area contributed by atoms with Crippen molar-refractivity contribution in [2.24, 2.45) is 0 Å². The molecule has 0 spiro atoms. The van der Waals surface area contributed by atoms with Crippen LogP contribution in [0.25, 0.3) is 0 Å². The van der Waals surface area contributed by atoms with Crippen molar-refractivity contribution < 1.29 is 19.1 Å². The van der Waals surface area contributed by atoms with Crippen LogP contribution in [-0.4, -0.2) is 43.4 Å². The molecule has 0 aliphatic heterocycles. The van der Waals surface area contributed by atoms with Gasteiger partial charge in [-0.25, -0.2) is 0 Å². The number of amides is 1. The number of carbonyl (C=O) groups excluding carboxylic acids is 1. The lowest BCUT2D eigenvalue weighted by atomic mass is 10.3. The lowest BCUT2D eigenvalue weighted by Gasteiger charge is -2.14. The van der Waals surface area contributed by atoms with E-state index in [0.29, 0.717) is 19.6 Å². The molecule has 0 saturated heterocycles. The van der Waals surface area contributed by atoms with Gasteiger partial charge in [-0.05, 0) is 46.9 Å². The molecule has 1 unspecified atom stereocenters. The van der Waals surface area contributed by atoms with E-state index in [1.54, 1.807) is 12.1 Å². The van der Waals surface area contributed by atoms with Crippen LogP contribution in [0.5, 0.6) is 5.75 Å². The number of para-hydroxylation sites is 1. The first kappa shape index (κ1) is 17.8. The van der Waals surface area contributed by atoms with Gasteiger partial charge in [0.25, 0.3) is 5.91 Å². The van der Waals surface area contributed by atoms with E-state index >= 15 is 0 Å². The number of rotatable bonds is 9. The van der Waals surface area contributed by atoms with E-state index in [9.17, 15) is 9.90 Å². The molecule has 0 saturated carbocycles. The summed E-state index contributed by atoms with van der Waals surface area (Å²) >= 11 is 2.19. The van der Waals surface area contributed by atoms with Crippen LogP contribution in [0.4, 0.5) is 0 Å². The van der Waals surface area contributed by atoms with E-state index in [4.69, 9.17) is 9.15 Å². The van der Waals surface area contributed by atoms with E-state index in [2.05, 4.69) is 33.2 Å². The van der Waals surface area contributed by atoms with Gasteiger partial charge in [0.15, 0.2) is 5.76 Å². The van der Waals surface area contributed by atoms with Crippen LogP contribution in [0.15, 0.2) is 47.1 Å². The lowest BCUT2D eigenvalue weighted by molar-refractivity contribution is 0.0923. The van der Waals surface area contributed by atoms with Gasteiger partial charge in [-0.2, -0.15) is 0 Å². The summed E-state index contributed by atoms with van der Waals surface area (Å²) in [6.45, 7) is 1.60. The molecule has 124 valence electrons. The van der Waals surface area contributed by atoms with Crippen LogP contribution in [-0.2, 0) is 0 Å². The van der Waals surface area contributed by atoms with Crippen LogP contribution >= 0.6 is 22.6 Å². The Morgan fingerprint density at radius 1 is 1.26 bits per heavy atom. The highest BCUT2D eigenvalue weighted by molar-refractivity contribution is 14.1. The number of halogens is 1. The Morgan fingerprint density at radius 2 is 2.09 bits per heavy atom. The Hall–Kier alpha value is -1.58. The summed E-state index contributed by atoms with van der Waals surface area (Å²) in [6.07, 6.45) is 0.837. The smallest absolute Gasteiger partial charge is 0.287 e. The molecule has 0 bridgehead atoms. The molecule has 2 aromatic rings. The molecule has 2 rings (SSSR count). The van der Waals surface area contributed by atoms with Crippen molar-refractivity contribution in [1.29, 1.82) is 0 Å². The highest BCUT2D eigenvalue weighted by Crippen LogP contribution is 2.19. The van der Waals surface area contributed by atoms with Gasteiger partial charge in [-0.1, -0.05) is 12.1 Å². The Morgan fingerprint density at radius 3 is 2.83 bits per heavy atom. The maximum absolute atomic E-state index is 11.6. The Kier molecular flexibility index (Phi) is 7.37. The second kappa shape index (κ2) is 9.53. The van der Waals surface area contributed by atoms with Crippen molar-refractivity contribution in [2.45, 2.75) is 6.10 Å². The molecule has 0 radical (unpaired) electrons. The molecule has 1 aromatic carbocycles. The fourth-order valence-electron chi connectivity index (χ4n) is 1.83. The van der Waals surface area contributed by atoms with Crippen molar-refractivity contribution in [3.8, 4) is 5.75 Å². The first-order valence-electron chi connectivity index (χ1n) is 7.24. The average Bonchev–Trinajstić information content (AvgIpc) is 3.08. The van der Waals surface area contributed by atoms with Crippen LogP contribution in [0.1, 0.15) is 10.6 Å². The standard InChI is InChI=1S/C16H19IN2O4/c17-13-4-1-2-5-14(13)23-11-12(20)10-18-7-8-19-16(21)15-6-3-9-22-15/h1-6,9,12,18,20H,7-8,10-11H2,(H,19,21). The number of furan rings is 1. The van der Waals surface area contributed by atoms with Gasteiger partial charge in [-0.15, -0.1) is 0 Å². The summed E-state index contributed by atoms with van der Waals surface area (Å²) in [5.74, 6) is 0.799.